The third kappa shape index (κ3) is 5.29. The highest BCUT2D eigenvalue weighted by molar-refractivity contribution is 5.98. The second kappa shape index (κ2) is 9.57. The van der Waals surface area contributed by atoms with Crippen molar-refractivity contribution >= 4 is 17.6 Å². The molecule has 2 amide bonds. The highest BCUT2D eigenvalue weighted by atomic mass is 16.5. The second-order valence-corrected chi connectivity index (χ2v) is 7.09. The molecule has 10 nitrogen and oxygen atoms in total. The number of ether oxygens (including phenoxy) is 1. The summed E-state index contributed by atoms with van der Waals surface area (Å²) in [5.41, 5.74) is 4.68. The molecule has 0 radical (unpaired) electrons. The maximum atomic E-state index is 12.2. The van der Waals surface area contributed by atoms with Gasteiger partial charge in [0.05, 0.1) is 24.4 Å². The van der Waals surface area contributed by atoms with Crippen molar-refractivity contribution < 1.29 is 18.7 Å². The van der Waals surface area contributed by atoms with Gasteiger partial charge in [-0.05, 0) is 35.4 Å². The summed E-state index contributed by atoms with van der Waals surface area (Å²) in [6, 6.07) is 16.4. The van der Waals surface area contributed by atoms with E-state index in [2.05, 4.69) is 25.9 Å². The molecule has 0 unspecified atom stereocenters. The first-order valence-corrected chi connectivity index (χ1v) is 9.95. The standard InChI is InChI=1S/C23H19N7O3/c1-15-20(12-25-23(26-15)32-2)18-8-6-16(7-9-18)13-30-14-21(33-29-30)28-22(31)27-19-5-3-4-17(10-19)11-24/h3-10,12,14H,13H2,1-2H3,(H-,27,28,29,31)/p+1. The fourth-order valence-corrected chi connectivity index (χ4v) is 3.15. The molecule has 164 valence electrons. The van der Waals surface area contributed by atoms with Crippen molar-refractivity contribution in [3.05, 3.63) is 77.7 Å². The lowest BCUT2D eigenvalue weighted by atomic mass is 10.0. The minimum absolute atomic E-state index is 0.187. The molecule has 2 aromatic carbocycles. The van der Waals surface area contributed by atoms with Gasteiger partial charge in [-0.2, -0.15) is 10.2 Å². The lowest BCUT2D eigenvalue weighted by molar-refractivity contribution is -0.754. The molecular formula is C23H20N7O3+. The van der Waals surface area contributed by atoms with Crippen LogP contribution in [-0.4, -0.2) is 28.4 Å². The molecule has 4 rings (SSSR count). The Morgan fingerprint density at radius 3 is 2.76 bits per heavy atom. The maximum absolute atomic E-state index is 12.2. The molecule has 2 heterocycles. The average molecular weight is 442 g/mol. The number of nitrogens with one attached hydrogen (secondary N) is 2. The molecule has 0 saturated carbocycles. The smallest absolute Gasteiger partial charge is 0.326 e. The minimum atomic E-state index is -0.505. The molecule has 0 aliphatic carbocycles. The van der Waals surface area contributed by atoms with Gasteiger partial charge in [0.2, 0.25) is 11.8 Å². The van der Waals surface area contributed by atoms with E-state index in [9.17, 15) is 4.79 Å². The van der Waals surface area contributed by atoms with Gasteiger partial charge >= 0.3 is 17.9 Å². The molecule has 4 aromatic rings. The van der Waals surface area contributed by atoms with Crippen molar-refractivity contribution in [1.82, 2.24) is 15.2 Å². The largest absolute Gasteiger partial charge is 0.467 e. The topological polar surface area (TPSA) is 130 Å². The molecule has 0 saturated heterocycles. The van der Waals surface area contributed by atoms with Gasteiger partial charge in [-0.25, -0.2) is 9.78 Å². The van der Waals surface area contributed by atoms with Crippen LogP contribution in [0.15, 0.2) is 65.4 Å². The Labute approximate surface area is 189 Å². The number of urea groups is 1. The Morgan fingerprint density at radius 2 is 2.03 bits per heavy atom. The van der Waals surface area contributed by atoms with Crippen LogP contribution in [0.5, 0.6) is 6.01 Å². The number of hydrogen-bond donors (Lipinski definition) is 2. The summed E-state index contributed by atoms with van der Waals surface area (Å²) in [5, 5.41) is 18.1. The number of aryl methyl sites for hydroxylation is 1. The van der Waals surface area contributed by atoms with Gasteiger partial charge in [-0.1, -0.05) is 30.3 Å². The summed E-state index contributed by atoms with van der Waals surface area (Å²) < 4.78 is 11.8. The van der Waals surface area contributed by atoms with E-state index in [1.165, 1.54) is 7.11 Å². The van der Waals surface area contributed by atoms with E-state index in [1.54, 1.807) is 41.3 Å². The number of methoxy groups -OCH3 is 1. The predicted molar refractivity (Wildman–Crippen MR) is 118 cm³/mol. The molecule has 0 aliphatic heterocycles. The summed E-state index contributed by atoms with van der Waals surface area (Å²) >= 11 is 0. The predicted octanol–water partition coefficient (Wildman–Crippen LogP) is 3.30. The summed E-state index contributed by atoms with van der Waals surface area (Å²) in [6.07, 6.45) is 3.32. The molecule has 0 bridgehead atoms. The molecular weight excluding hydrogens is 422 g/mol. The van der Waals surface area contributed by atoms with E-state index in [-0.39, 0.29) is 5.88 Å². The van der Waals surface area contributed by atoms with Crippen LogP contribution in [0.1, 0.15) is 16.8 Å². The Kier molecular flexibility index (Phi) is 6.22. The van der Waals surface area contributed by atoms with E-state index in [4.69, 9.17) is 14.5 Å². The Bertz CT molecular complexity index is 1330. The highest BCUT2D eigenvalue weighted by Gasteiger charge is 2.15. The molecule has 33 heavy (non-hydrogen) atoms. The van der Waals surface area contributed by atoms with Gasteiger partial charge in [0.1, 0.15) is 0 Å². The number of nitrogens with zero attached hydrogens (tertiary/aromatic N) is 5. The zero-order valence-electron chi connectivity index (χ0n) is 17.9. The van der Waals surface area contributed by atoms with Gasteiger partial charge in [0.15, 0.2) is 0 Å². The number of aromatic nitrogens is 4. The van der Waals surface area contributed by atoms with Crippen LogP contribution < -0.4 is 20.1 Å². The third-order valence-corrected chi connectivity index (χ3v) is 4.75. The first kappa shape index (κ1) is 21.5. The number of amides is 2. The van der Waals surface area contributed by atoms with Crippen molar-refractivity contribution in [3.63, 3.8) is 0 Å². The average Bonchev–Trinajstić information content (AvgIpc) is 3.26. The maximum Gasteiger partial charge on any atom is 0.326 e. The Hall–Kier alpha value is -4.78. The van der Waals surface area contributed by atoms with Crippen LogP contribution in [-0.2, 0) is 6.54 Å². The molecule has 0 fully saturated rings. The monoisotopic (exact) mass is 442 g/mol. The Balaban J connectivity index is 1.37. The highest BCUT2D eigenvalue weighted by Crippen LogP contribution is 2.23. The number of benzene rings is 2. The summed E-state index contributed by atoms with van der Waals surface area (Å²) in [7, 11) is 1.53. The Morgan fingerprint density at radius 1 is 1.21 bits per heavy atom. The number of carbonyl (C=O) groups excluding carboxylic acids is 1. The zero-order chi connectivity index (χ0) is 23.2. The minimum Gasteiger partial charge on any atom is -0.467 e. The van der Waals surface area contributed by atoms with Crippen molar-refractivity contribution in [2.24, 2.45) is 0 Å². The first-order chi connectivity index (χ1) is 16.0. The summed E-state index contributed by atoms with van der Waals surface area (Å²) in [5.74, 6) is 0.187. The number of anilines is 2. The molecule has 0 spiro atoms. The second-order valence-electron chi connectivity index (χ2n) is 7.09. The lowest BCUT2D eigenvalue weighted by Gasteiger charge is -2.06. The lowest BCUT2D eigenvalue weighted by Crippen LogP contribution is -2.35. The van der Waals surface area contributed by atoms with Gasteiger partial charge in [-0.3, -0.25) is 9.84 Å². The number of nitriles is 1. The molecule has 0 aliphatic rings. The summed E-state index contributed by atoms with van der Waals surface area (Å²) in [4.78, 5) is 20.6. The van der Waals surface area contributed by atoms with Gasteiger partial charge < -0.3 is 10.1 Å². The molecule has 0 atom stereocenters. The quantitative estimate of drug-likeness (QED) is 0.438. The van der Waals surface area contributed by atoms with Gasteiger partial charge in [0, 0.05) is 23.0 Å². The number of carbonyl (C=O) groups is 1. The van der Waals surface area contributed by atoms with E-state index < -0.39 is 6.03 Å². The van der Waals surface area contributed by atoms with Crippen LogP contribution in [0.4, 0.5) is 16.4 Å². The van der Waals surface area contributed by atoms with Crippen molar-refractivity contribution in [2.45, 2.75) is 13.5 Å². The molecule has 10 heteroatoms. The van der Waals surface area contributed by atoms with E-state index in [0.717, 1.165) is 22.4 Å². The molecule has 2 aromatic heterocycles. The van der Waals surface area contributed by atoms with Gasteiger partial charge in [0.25, 0.3) is 6.20 Å². The van der Waals surface area contributed by atoms with E-state index in [0.29, 0.717) is 23.8 Å². The fourth-order valence-electron chi connectivity index (χ4n) is 3.15. The van der Waals surface area contributed by atoms with Crippen LogP contribution in [0.2, 0.25) is 0 Å². The van der Waals surface area contributed by atoms with Gasteiger partial charge in [-0.15, -0.1) is 0 Å². The SMILES string of the molecule is COc1ncc(-c2ccc(C[n+]3cc(NC(=O)Nc4cccc(C#N)c4)on3)cc2)c(C)n1. The van der Waals surface area contributed by atoms with Crippen LogP contribution in [0.25, 0.3) is 11.1 Å². The van der Waals surface area contributed by atoms with Crippen molar-refractivity contribution in [3.8, 4) is 23.2 Å². The van der Waals surface area contributed by atoms with E-state index >= 15 is 0 Å². The van der Waals surface area contributed by atoms with Crippen LogP contribution in [0.3, 0.4) is 0 Å². The van der Waals surface area contributed by atoms with Crippen LogP contribution in [0, 0.1) is 18.3 Å². The third-order valence-electron chi connectivity index (χ3n) is 4.75. The first-order valence-electron chi connectivity index (χ1n) is 9.95. The van der Waals surface area contributed by atoms with E-state index in [1.807, 2.05) is 37.3 Å². The fraction of sp³-hybridized carbons (Fsp3) is 0.130. The zero-order valence-corrected chi connectivity index (χ0v) is 17.9. The summed E-state index contributed by atoms with van der Waals surface area (Å²) in [6.45, 7) is 2.36. The van der Waals surface area contributed by atoms with Crippen molar-refractivity contribution in [2.75, 3.05) is 17.7 Å². The number of rotatable bonds is 6. The normalized spacial score (nSPS) is 10.3. The van der Waals surface area contributed by atoms with Crippen LogP contribution >= 0.6 is 0 Å². The van der Waals surface area contributed by atoms with Crippen molar-refractivity contribution in [1.29, 1.82) is 5.26 Å². The molecule has 2 N–H and O–H groups in total. The number of hydrogen-bond acceptors (Lipinski definition) is 7.